The summed E-state index contributed by atoms with van der Waals surface area (Å²) in [6, 6.07) is 17.8. The molecule has 5 rings (SSSR count). The van der Waals surface area contributed by atoms with E-state index in [2.05, 4.69) is 38.2 Å². The van der Waals surface area contributed by atoms with Crippen molar-refractivity contribution in [2.45, 2.75) is 19.4 Å². The second-order valence-electron chi connectivity index (χ2n) is 8.32. The minimum absolute atomic E-state index is 0.134. The number of aromatic nitrogens is 5. The highest BCUT2D eigenvalue weighted by molar-refractivity contribution is 5.95. The quantitative estimate of drug-likeness (QED) is 0.162. The highest BCUT2D eigenvalue weighted by Gasteiger charge is 2.13. The van der Waals surface area contributed by atoms with Gasteiger partial charge in [-0.1, -0.05) is 23.2 Å². The van der Waals surface area contributed by atoms with Crippen molar-refractivity contribution in [3.8, 4) is 17.0 Å². The predicted octanol–water partition coefficient (Wildman–Crippen LogP) is 5.34. The normalized spacial score (nSPS) is 11.0. The van der Waals surface area contributed by atoms with Gasteiger partial charge in [0.05, 0.1) is 18.8 Å². The van der Waals surface area contributed by atoms with Gasteiger partial charge in [-0.2, -0.15) is 0 Å². The molecule has 3 aromatic heterocycles. The summed E-state index contributed by atoms with van der Waals surface area (Å²) in [5.74, 6) is 1.13. The molecule has 182 valence electrons. The predicted molar refractivity (Wildman–Crippen MR) is 137 cm³/mol. The molecule has 0 spiro atoms. The molecule has 10 nitrogen and oxygen atoms in total. The third-order valence-electron chi connectivity index (χ3n) is 5.86. The van der Waals surface area contributed by atoms with Crippen molar-refractivity contribution in [3.63, 3.8) is 0 Å². The number of nitro groups is 1. The maximum absolute atomic E-state index is 10.9. The summed E-state index contributed by atoms with van der Waals surface area (Å²) in [4.78, 5) is 23.3. The molecule has 0 unspecified atom stereocenters. The molecule has 5 aromatic rings. The summed E-state index contributed by atoms with van der Waals surface area (Å²) >= 11 is 0. The Morgan fingerprint density at radius 3 is 2.69 bits per heavy atom. The van der Waals surface area contributed by atoms with Gasteiger partial charge in [-0.25, -0.2) is 14.5 Å². The number of hydrogen-bond acceptors (Lipinski definition) is 7. The molecule has 0 fully saturated rings. The van der Waals surface area contributed by atoms with Gasteiger partial charge in [0, 0.05) is 41.6 Å². The number of ether oxygens (including phenoxy) is 1. The van der Waals surface area contributed by atoms with Crippen molar-refractivity contribution in [1.82, 2.24) is 24.1 Å². The Labute approximate surface area is 207 Å². The van der Waals surface area contributed by atoms with Crippen LogP contribution in [-0.4, -0.2) is 35.6 Å². The van der Waals surface area contributed by atoms with Gasteiger partial charge in [-0.05, 0) is 54.2 Å². The van der Waals surface area contributed by atoms with Crippen molar-refractivity contribution in [1.29, 1.82) is 0 Å². The van der Waals surface area contributed by atoms with E-state index in [1.807, 2.05) is 49.5 Å². The molecule has 0 bridgehead atoms. The van der Waals surface area contributed by atoms with E-state index in [0.717, 1.165) is 46.4 Å². The first kappa shape index (κ1) is 23.0. The molecule has 36 heavy (non-hydrogen) atoms. The highest BCUT2D eigenvalue weighted by Crippen LogP contribution is 2.29. The van der Waals surface area contributed by atoms with E-state index < -0.39 is 4.92 Å². The zero-order valence-electron chi connectivity index (χ0n) is 19.7. The van der Waals surface area contributed by atoms with E-state index in [9.17, 15) is 10.1 Å². The van der Waals surface area contributed by atoms with Gasteiger partial charge >= 0.3 is 5.95 Å². The number of benzene rings is 2. The molecule has 0 aliphatic heterocycles. The van der Waals surface area contributed by atoms with Crippen LogP contribution in [-0.2, 0) is 13.6 Å². The zero-order valence-corrected chi connectivity index (χ0v) is 19.7. The Bertz CT molecular complexity index is 1490. The van der Waals surface area contributed by atoms with Crippen molar-refractivity contribution >= 4 is 28.5 Å². The van der Waals surface area contributed by atoms with Crippen molar-refractivity contribution in [3.05, 3.63) is 89.5 Å². The average Bonchev–Trinajstić information content (AvgIpc) is 3.50. The minimum Gasteiger partial charge on any atom is -0.494 e. The van der Waals surface area contributed by atoms with Crippen LogP contribution in [0.4, 0.5) is 17.6 Å². The van der Waals surface area contributed by atoms with Gasteiger partial charge < -0.3 is 24.7 Å². The van der Waals surface area contributed by atoms with E-state index >= 15 is 0 Å². The number of nitrogens with zero attached hydrogens (tertiary/aromatic N) is 6. The van der Waals surface area contributed by atoms with Crippen molar-refractivity contribution in [2.24, 2.45) is 7.05 Å². The molecule has 0 saturated heterocycles. The summed E-state index contributed by atoms with van der Waals surface area (Å²) in [6.45, 7) is 1.05. The molecule has 0 amide bonds. The standard InChI is InChI=1S/C26H25N7O3/c1-31-18-22(21-6-2-3-7-24(21)31)23-12-13-27-25(30-23)29-19-8-10-20(11-9-19)36-17-5-4-15-32-16-14-28-26(32)33(34)35/h2-3,6-14,16,18H,4-5,15,17H2,1H3,(H,27,29,30). The van der Waals surface area contributed by atoms with Crippen LogP contribution in [0.25, 0.3) is 22.2 Å². The lowest BCUT2D eigenvalue weighted by Gasteiger charge is -2.09. The largest absolute Gasteiger partial charge is 0.494 e. The number of aryl methyl sites for hydroxylation is 2. The molecule has 0 aliphatic carbocycles. The van der Waals surface area contributed by atoms with Gasteiger partial charge in [0.1, 0.15) is 18.1 Å². The lowest BCUT2D eigenvalue weighted by atomic mass is 10.1. The molecular weight excluding hydrogens is 458 g/mol. The third kappa shape index (κ3) is 5.02. The third-order valence-corrected chi connectivity index (χ3v) is 5.86. The molecule has 0 atom stereocenters. The fourth-order valence-corrected chi connectivity index (χ4v) is 4.10. The van der Waals surface area contributed by atoms with E-state index in [-0.39, 0.29) is 5.95 Å². The van der Waals surface area contributed by atoms with Gasteiger partial charge in [0.25, 0.3) is 0 Å². The summed E-state index contributed by atoms with van der Waals surface area (Å²) in [6.07, 6.45) is 8.41. The summed E-state index contributed by atoms with van der Waals surface area (Å²) < 4.78 is 9.45. The number of rotatable bonds is 10. The second kappa shape index (κ2) is 10.3. The Balaban J connectivity index is 1.15. The van der Waals surface area contributed by atoms with E-state index in [1.54, 1.807) is 12.4 Å². The Kier molecular flexibility index (Phi) is 6.57. The van der Waals surface area contributed by atoms with Crippen molar-refractivity contribution in [2.75, 3.05) is 11.9 Å². The maximum atomic E-state index is 10.9. The molecule has 10 heteroatoms. The summed E-state index contributed by atoms with van der Waals surface area (Å²) in [5.41, 5.74) is 3.92. The average molecular weight is 484 g/mol. The number of unbranched alkanes of at least 4 members (excludes halogenated alkanes) is 1. The van der Waals surface area contributed by atoms with Crippen LogP contribution in [0.3, 0.4) is 0 Å². The first-order chi connectivity index (χ1) is 17.6. The lowest BCUT2D eigenvalue weighted by Crippen LogP contribution is -2.05. The monoisotopic (exact) mass is 483 g/mol. The van der Waals surface area contributed by atoms with Crippen LogP contribution in [0.2, 0.25) is 0 Å². The number of anilines is 2. The molecule has 3 heterocycles. The SMILES string of the molecule is Cn1cc(-c2ccnc(Nc3ccc(OCCCCn4ccnc4[N+](=O)[O-])cc3)n2)c2ccccc21. The Morgan fingerprint density at radius 1 is 1.03 bits per heavy atom. The molecule has 0 radical (unpaired) electrons. The summed E-state index contributed by atoms with van der Waals surface area (Å²) in [5, 5.41) is 15.3. The van der Waals surface area contributed by atoms with Crippen LogP contribution in [0.1, 0.15) is 12.8 Å². The van der Waals surface area contributed by atoms with Gasteiger partial charge in [-0.15, -0.1) is 0 Å². The molecule has 0 aliphatic rings. The molecular formula is C26H25N7O3. The number of hydrogen-bond donors (Lipinski definition) is 1. The maximum Gasteiger partial charge on any atom is 0.434 e. The number of fused-ring (bicyclic) bond motifs is 1. The van der Waals surface area contributed by atoms with Gasteiger partial charge in [-0.3, -0.25) is 0 Å². The van der Waals surface area contributed by atoms with Gasteiger partial charge in [0.2, 0.25) is 5.95 Å². The fourth-order valence-electron chi connectivity index (χ4n) is 4.10. The number of nitrogens with one attached hydrogen (secondary N) is 1. The second-order valence-corrected chi connectivity index (χ2v) is 8.32. The number of para-hydroxylation sites is 1. The number of imidazole rings is 1. The minimum atomic E-state index is -0.475. The van der Waals surface area contributed by atoms with Crippen LogP contribution in [0.5, 0.6) is 5.75 Å². The molecule has 1 N–H and O–H groups in total. The zero-order chi connectivity index (χ0) is 24.9. The van der Waals surface area contributed by atoms with Gasteiger partial charge in [0.15, 0.2) is 0 Å². The molecule has 0 saturated carbocycles. The van der Waals surface area contributed by atoms with Crippen LogP contribution in [0.15, 0.2) is 79.4 Å². The lowest BCUT2D eigenvalue weighted by molar-refractivity contribution is -0.396. The smallest absolute Gasteiger partial charge is 0.434 e. The van der Waals surface area contributed by atoms with Crippen LogP contribution < -0.4 is 10.1 Å². The summed E-state index contributed by atoms with van der Waals surface area (Å²) in [7, 11) is 2.03. The van der Waals surface area contributed by atoms with E-state index in [0.29, 0.717) is 19.1 Å². The topological polar surface area (TPSA) is 113 Å². The first-order valence-electron chi connectivity index (χ1n) is 11.6. The van der Waals surface area contributed by atoms with Crippen LogP contribution in [0, 0.1) is 10.1 Å². The Hall–Kier alpha value is -4.73. The Morgan fingerprint density at radius 2 is 1.86 bits per heavy atom. The van der Waals surface area contributed by atoms with E-state index in [4.69, 9.17) is 9.72 Å². The van der Waals surface area contributed by atoms with E-state index in [1.165, 1.54) is 10.8 Å². The first-order valence-corrected chi connectivity index (χ1v) is 11.6. The van der Waals surface area contributed by atoms with Crippen LogP contribution >= 0.6 is 0 Å². The fraction of sp³-hybridized carbons (Fsp3) is 0.192. The molecule has 2 aromatic carbocycles. The highest BCUT2D eigenvalue weighted by atomic mass is 16.6. The van der Waals surface area contributed by atoms with Crippen molar-refractivity contribution < 1.29 is 9.66 Å².